The van der Waals surface area contributed by atoms with Gasteiger partial charge < -0.3 is 15.1 Å². The number of carbonyl (C=O) groups is 2. The number of amides is 2. The Balaban J connectivity index is 1.24. The normalized spacial score (nSPS) is 14.2. The Hall–Kier alpha value is -3.35. The lowest BCUT2D eigenvalue weighted by molar-refractivity contribution is -0.131. The fourth-order valence-corrected chi connectivity index (χ4v) is 3.66. The average molecular weight is 391 g/mol. The van der Waals surface area contributed by atoms with E-state index in [-0.39, 0.29) is 11.8 Å². The standard InChI is InChI=1S/C22H25N5O2/c1-25-16-20(15-24-25)26-10-12-27(13-11-26)21(28)8-9-23-22(29)19-7-6-17-4-2-3-5-18(17)14-19/h2-7,14-16H,8-13H2,1H3,(H,23,29). The predicted octanol–water partition coefficient (Wildman–Crippen LogP) is 2.04. The maximum Gasteiger partial charge on any atom is 0.251 e. The monoisotopic (exact) mass is 391 g/mol. The van der Waals surface area contributed by atoms with Crippen molar-refractivity contribution in [3.63, 3.8) is 0 Å². The summed E-state index contributed by atoms with van der Waals surface area (Å²) in [4.78, 5) is 29.0. The number of nitrogens with one attached hydrogen (secondary N) is 1. The molecule has 0 bridgehead atoms. The van der Waals surface area contributed by atoms with E-state index in [0.29, 0.717) is 31.6 Å². The number of anilines is 1. The van der Waals surface area contributed by atoms with Crippen LogP contribution in [-0.2, 0) is 11.8 Å². The van der Waals surface area contributed by atoms with Crippen molar-refractivity contribution < 1.29 is 9.59 Å². The van der Waals surface area contributed by atoms with Crippen LogP contribution >= 0.6 is 0 Å². The number of aromatic nitrogens is 2. The Labute approximate surface area is 169 Å². The van der Waals surface area contributed by atoms with Gasteiger partial charge in [-0.3, -0.25) is 14.3 Å². The van der Waals surface area contributed by atoms with Crippen LogP contribution in [0.15, 0.2) is 54.9 Å². The molecule has 2 heterocycles. The molecular weight excluding hydrogens is 366 g/mol. The Morgan fingerprint density at radius 2 is 1.79 bits per heavy atom. The minimum Gasteiger partial charge on any atom is -0.365 e. The summed E-state index contributed by atoms with van der Waals surface area (Å²) in [5.74, 6) is -0.0698. The van der Waals surface area contributed by atoms with Crippen molar-refractivity contribution in [2.24, 2.45) is 7.05 Å². The topological polar surface area (TPSA) is 70.5 Å². The van der Waals surface area contributed by atoms with Gasteiger partial charge in [-0.1, -0.05) is 30.3 Å². The molecule has 150 valence electrons. The van der Waals surface area contributed by atoms with Crippen LogP contribution in [0.1, 0.15) is 16.8 Å². The van der Waals surface area contributed by atoms with E-state index in [1.165, 1.54) is 0 Å². The van der Waals surface area contributed by atoms with Crippen LogP contribution in [0, 0.1) is 0 Å². The third-order valence-corrected chi connectivity index (χ3v) is 5.32. The van der Waals surface area contributed by atoms with Crippen LogP contribution in [0.5, 0.6) is 0 Å². The Bertz CT molecular complexity index is 1020. The zero-order chi connectivity index (χ0) is 20.2. The Morgan fingerprint density at radius 3 is 2.52 bits per heavy atom. The van der Waals surface area contributed by atoms with Gasteiger partial charge in [0.25, 0.3) is 5.91 Å². The molecule has 29 heavy (non-hydrogen) atoms. The minimum absolute atomic E-state index is 0.0784. The molecule has 0 radical (unpaired) electrons. The first-order valence-corrected chi connectivity index (χ1v) is 9.88. The van der Waals surface area contributed by atoms with Gasteiger partial charge in [0, 0.05) is 58.0 Å². The van der Waals surface area contributed by atoms with E-state index in [1.807, 2.05) is 66.8 Å². The molecule has 2 aromatic carbocycles. The first kappa shape index (κ1) is 19.0. The van der Waals surface area contributed by atoms with Crippen molar-refractivity contribution in [1.29, 1.82) is 0 Å². The number of fused-ring (bicyclic) bond motifs is 1. The highest BCUT2D eigenvalue weighted by molar-refractivity contribution is 5.98. The second-order valence-corrected chi connectivity index (χ2v) is 7.31. The third kappa shape index (κ3) is 4.39. The number of aryl methyl sites for hydroxylation is 1. The Morgan fingerprint density at radius 1 is 1.03 bits per heavy atom. The van der Waals surface area contributed by atoms with Crippen LogP contribution < -0.4 is 10.2 Å². The summed E-state index contributed by atoms with van der Waals surface area (Å²) in [6, 6.07) is 13.6. The second-order valence-electron chi connectivity index (χ2n) is 7.31. The van der Waals surface area contributed by atoms with Gasteiger partial charge in [0.2, 0.25) is 5.91 Å². The fraction of sp³-hybridized carbons (Fsp3) is 0.318. The summed E-state index contributed by atoms with van der Waals surface area (Å²) in [6.45, 7) is 3.30. The number of rotatable bonds is 5. The van der Waals surface area contributed by atoms with Gasteiger partial charge in [0.05, 0.1) is 11.9 Å². The van der Waals surface area contributed by atoms with Crippen LogP contribution in [0.4, 0.5) is 5.69 Å². The van der Waals surface area contributed by atoms with Crippen molar-refractivity contribution in [1.82, 2.24) is 20.0 Å². The van der Waals surface area contributed by atoms with E-state index in [1.54, 1.807) is 4.68 Å². The summed E-state index contributed by atoms with van der Waals surface area (Å²) >= 11 is 0. The molecule has 0 unspecified atom stereocenters. The maximum atomic E-state index is 12.5. The summed E-state index contributed by atoms with van der Waals surface area (Å²) in [7, 11) is 1.90. The van der Waals surface area contributed by atoms with E-state index in [2.05, 4.69) is 15.3 Å². The quantitative estimate of drug-likeness (QED) is 0.723. The molecule has 7 heteroatoms. The summed E-state index contributed by atoms with van der Waals surface area (Å²) < 4.78 is 1.78. The molecule has 4 rings (SSSR count). The molecule has 3 aromatic rings. The van der Waals surface area contributed by atoms with Crippen molar-refractivity contribution in [2.45, 2.75) is 6.42 Å². The highest BCUT2D eigenvalue weighted by atomic mass is 16.2. The molecule has 1 aliphatic rings. The molecule has 1 aromatic heterocycles. The molecule has 0 saturated carbocycles. The molecule has 1 N–H and O–H groups in total. The van der Waals surface area contributed by atoms with Gasteiger partial charge >= 0.3 is 0 Å². The molecule has 2 amide bonds. The smallest absolute Gasteiger partial charge is 0.251 e. The average Bonchev–Trinajstić information content (AvgIpc) is 3.19. The molecular formula is C22H25N5O2. The van der Waals surface area contributed by atoms with Gasteiger partial charge in [0.1, 0.15) is 0 Å². The molecule has 1 aliphatic heterocycles. The van der Waals surface area contributed by atoms with E-state index in [9.17, 15) is 9.59 Å². The van der Waals surface area contributed by atoms with Gasteiger partial charge in [-0.15, -0.1) is 0 Å². The molecule has 0 aliphatic carbocycles. The molecule has 0 spiro atoms. The van der Waals surface area contributed by atoms with Gasteiger partial charge in [0.15, 0.2) is 0 Å². The summed E-state index contributed by atoms with van der Waals surface area (Å²) in [6.07, 6.45) is 4.14. The highest BCUT2D eigenvalue weighted by Crippen LogP contribution is 2.16. The molecule has 7 nitrogen and oxygen atoms in total. The van der Waals surface area contributed by atoms with Crippen molar-refractivity contribution in [3.05, 3.63) is 60.4 Å². The van der Waals surface area contributed by atoms with Crippen molar-refractivity contribution >= 4 is 28.3 Å². The zero-order valence-electron chi connectivity index (χ0n) is 16.5. The number of hydrogen-bond acceptors (Lipinski definition) is 4. The third-order valence-electron chi connectivity index (χ3n) is 5.32. The largest absolute Gasteiger partial charge is 0.365 e. The maximum absolute atomic E-state index is 12.5. The van der Waals surface area contributed by atoms with E-state index in [4.69, 9.17) is 0 Å². The van der Waals surface area contributed by atoms with E-state index in [0.717, 1.165) is 29.5 Å². The highest BCUT2D eigenvalue weighted by Gasteiger charge is 2.21. The minimum atomic E-state index is -0.148. The molecule has 1 saturated heterocycles. The summed E-state index contributed by atoms with van der Waals surface area (Å²) in [5.41, 5.74) is 1.70. The Kier molecular flexibility index (Phi) is 5.46. The van der Waals surface area contributed by atoms with Crippen LogP contribution in [0.3, 0.4) is 0 Å². The van der Waals surface area contributed by atoms with Crippen LogP contribution in [0.2, 0.25) is 0 Å². The van der Waals surface area contributed by atoms with Crippen molar-refractivity contribution in [2.75, 3.05) is 37.6 Å². The lowest BCUT2D eigenvalue weighted by atomic mass is 10.1. The van der Waals surface area contributed by atoms with Gasteiger partial charge in [-0.2, -0.15) is 5.10 Å². The van der Waals surface area contributed by atoms with E-state index < -0.39 is 0 Å². The van der Waals surface area contributed by atoms with Gasteiger partial charge in [-0.05, 0) is 22.9 Å². The predicted molar refractivity (Wildman–Crippen MR) is 113 cm³/mol. The lowest BCUT2D eigenvalue weighted by Crippen LogP contribution is -2.49. The number of benzene rings is 2. The number of hydrogen-bond donors (Lipinski definition) is 1. The number of carbonyl (C=O) groups excluding carboxylic acids is 2. The van der Waals surface area contributed by atoms with Gasteiger partial charge in [-0.25, -0.2) is 0 Å². The number of nitrogens with zero attached hydrogens (tertiary/aromatic N) is 4. The first-order valence-electron chi connectivity index (χ1n) is 9.88. The SMILES string of the molecule is Cn1cc(N2CCN(C(=O)CCNC(=O)c3ccc4ccccc4c3)CC2)cn1. The second kappa shape index (κ2) is 8.34. The first-order chi connectivity index (χ1) is 14.1. The lowest BCUT2D eigenvalue weighted by Gasteiger charge is -2.35. The fourth-order valence-electron chi connectivity index (χ4n) is 3.66. The summed E-state index contributed by atoms with van der Waals surface area (Å²) in [5, 5.41) is 9.19. The van der Waals surface area contributed by atoms with Crippen LogP contribution in [-0.4, -0.2) is 59.2 Å². The van der Waals surface area contributed by atoms with E-state index >= 15 is 0 Å². The molecule has 0 atom stereocenters. The molecule has 1 fully saturated rings. The zero-order valence-corrected chi connectivity index (χ0v) is 16.5. The number of piperazine rings is 1. The van der Waals surface area contributed by atoms with Crippen molar-refractivity contribution in [3.8, 4) is 0 Å². The van der Waals surface area contributed by atoms with Crippen LogP contribution in [0.25, 0.3) is 10.8 Å².